The van der Waals surface area contributed by atoms with Crippen LogP contribution in [0.1, 0.15) is 60.3 Å². The van der Waals surface area contributed by atoms with Crippen LogP contribution in [-0.2, 0) is 4.79 Å². The fourth-order valence-electron chi connectivity index (χ4n) is 3.11. The lowest BCUT2D eigenvalue weighted by atomic mass is 9.64. The van der Waals surface area contributed by atoms with E-state index in [0.717, 1.165) is 12.5 Å². The molecule has 0 aliphatic heterocycles. The minimum Gasteiger partial charge on any atom is -0.356 e. The number of hydrogen-bond acceptors (Lipinski definition) is 2. The summed E-state index contributed by atoms with van der Waals surface area (Å²) in [5, 5.41) is 9.42. The van der Waals surface area contributed by atoms with Gasteiger partial charge in [-0.15, -0.1) is 24.0 Å². The van der Waals surface area contributed by atoms with E-state index in [1.165, 1.54) is 25.7 Å². The average Bonchev–Trinajstić information content (AvgIpc) is 2.32. The van der Waals surface area contributed by atoms with Crippen LogP contribution in [0.2, 0.25) is 0 Å². The largest absolute Gasteiger partial charge is 0.356 e. The van der Waals surface area contributed by atoms with Crippen molar-refractivity contribution in [3.05, 3.63) is 0 Å². The Morgan fingerprint density at radius 1 is 1.22 bits per heavy atom. The van der Waals surface area contributed by atoms with Crippen molar-refractivity contribution in [2.24, 2.45) is 16.3 Å². The van der Waals surface area contributed by atoms with E-state index in [2.05, 4.69) is 34.8 Å². The number of amides is 1. The molecule has 1 fully saturated rings. The molecule has 3 N–H and O–H groups in total. The summed E-state index contributed by atoms with van der Waals surface area (Å²) in [5.74, 6) is 1.41. The van der Waals surface area contributed by atoms with E-state index in [1.54, 1.807) is 7.05 Å². The maximum atomic E-state index is 11.8. The van der Waals surface area contributed by atoms with Crippen molar-refractivity contribution in [1.29, 1.82) is 0 Å². The monoisotopic (exact) mass is 438 g/mol. The smallest absolute Gasteiger partial charge is 0.239 e. The predicted molar refractivity (Wildman–Crippen MR) is 108 cm³/mol. The molecule has 136 valence electrons. The van der Waals surface area contributed by atoms with Crippen molar-refractivity contribution < 1.29 is 4.79 Å². The second kappa shape index (κ2) is 9.69. The van der Waals surface area contributed by atoms with Crippen LogP contribution in [0.5, 0.6) is 0 Å². The standard InChI is InChI=1S/C17H34N4O.HI/c1-13(2)10-17(8-7-9-17)12-20-15(18-6)19-11-14(22)21-16(3,4)5;/h13H,7-12H2,1-6H3,(H,21,22)(H2,18,19,20);1H. The Hall–Kier alpha value is -0.530. The van der Waals surface area contributed by atoms with E-state index in [0.29, 0.717) is 11.4 Å². The Morgan fingerprint density at radius 2 is 1.83 bits per heavy atom. The highest BCUT2D eigenvalue weighted by atomic mass is 127. The molecule has 0 unspecified atom stereocenters. The van der Waals surface area contributed by atoms with Crippen LogP contribution in [0.3, 0.4) is 0 Å². The van der Waals surface area contributed by atoms with E-state index < -0.39 is 0 Å². The molecule has 0 spiro atoms. The lowest BCUT2D eigenvalue weighted by Crippen LogP contribution is -2.50. The predicted octanol–water partition coefficient (Wildman–Crippen LogP) is 2.90. The molecule has 0 atom stereocenters. The summed E-state index contributed by atoms with van der Waals surface area (Å²) in [7, 11) is 1.74. The molecule has 0 heterocycles. The molecule has 23 heavy (non-hydrogen) atoms. The van der Waals surface area contributed by atoms with Crippen LogP contribution >= 0.6 is 24.0 Å². The molecule has 0 bridgehead atoms. The molecule has 0 aromatic carbocycles. The second-order valence-electron chi connectivity index (χ2n) is 8.03. The Labute approximate surface area is 158 Å². The molecular weight excluding hydrogens is 403 g/mol. The maximum Gasteiger partial charge on any atom is 0.239 e. The Bertz CT molecular complexity index is 398. The van der Waals surface area contributed by atoms with Gasteiger partial charge in [0.1, 0.15) is 0 Å². The number of hydrogen-bond donors (Lipinski definition) is 3. The first-order valence-corrected chi connectivity index (χ1v) is 8.41. The van der Waals surface area contributed by atoms with Gasteiger partial charge in [-0.3, -0.25) is 9.79 Å². The summed E-state index contributed by atoms with van der Waals surface area (Å²) in [5.41, 5.74) is 0.211. The van der Waals surface area contributed by atoms with Gasteiger partial charge in [0.2, 0.25) is 5.91 Å². The summed E-state index contributed by atoms with van der Waals surface area (Å²) in [6.07, 6.45) is 5.16. The van der Waals surface area contributed by atoms with Crippen molar-refractivity contribution in [1.82, 2.24) is 16.0 Å². The Kier molecular flexibility index (Phi) is 9.47. The van der Waals surface area contributed by atoms with Gasteiger partial charge in [-0.1, -0.05) is 20.3 Å². The number of carbonyl (C=O) groups excluding carboxylic acids is 1. The number of rotatable bonds is 6. The summed E-state index contributed by atoms with van der Waals surface area (Å²) < 4.78 is 0. The third kappa shape index (κ3) is 8.77. The fourth-order valence-corrected chi connectivity index (χ4v) is 3.11. The van der Waals surface area contributed by atoms with Crippen LogP contribution in [-0.4, -0.2) is 37.5 Å². The number of aliphatic imine (C=N–C) groups is 1. The van der Waals surface area contributed by atoms with Crippen LogP contribution in [0.4, 0.5) is 0 Å². The van der Waals surface area contributed by atoms with Gasteiger partial charge >= 0.3 is 0 Å². The van der Waals surface area contributed by atoms with Crippen LogP contribution < -0.4 is 16.0 Å². The average molecular weight is 438 g/mol. The van der Waals surface area contributed by atoms with Crippen molar-refractivity contribution in [2.75, 3.05) is 20.1 Å². The number of halogens is 1. The highest BCUT2D eigenvalue weighted by Gasteiger charge is 2.37. The van der Waals surface area contributed by atoms with Crippen LogP contribution in [0, 0.1) is 11.3 Å². The molecule has 0 aromatic rings. The molecule has 0 radical (unpaired) electrons. The lowest BCUT2D eigenvalue weighted by molar-refractivity contribution is -0.121. The number of guanidine groups is 1. The molecule has 0 saturated heterocycles. The van der Waals surface area contributed by atoms with E-state index in [-0.39, 0.29) is 42.0 Å². The van der Waals surface area contributed by atoms with Crippen molar-refractivity contribution >= 4 is 35.8 Å². The summed E-state index contributed by atoms with van der Waals surface area (Å²) >= 11 is 0. The Balaban J connectivity index is 0.00000484. The van der Waals surface area contributed by atoms with Gasteiger partial charge in [0.25, 0.3) is 0 Å². The topological polar surface area (TPSA) is 65.5 Å². The van der Waals surface area contributed by atoms with Crippen molar-refractivity contribution in [3.63, 3.8) is 0 Å². The summed E-state index contributed by atoms with van der Waals surface area (Å²) in [4.78, 5) is 16.0. The number of nitrogens with one attached hydrogen (secondary N) is 3. The van der Waals surface area contributed by atoms with E-state index >= 15 is 0 Å². The van der Waals surface area contributed by atoms with E-state index in [9.17, 15) is 4.79 Å². The summed E-state index contributed by atoms with van der Waals surface area (Å²) in [6.45, 7) is 11.7. The van der Waals surface area contributed by atoms with Gasteiger partial charge in [0.05, 0.1) is 6.54 Å². The molecule has 1 rings (SSSR count). The minimum absolute atomic E-state index is 0. The molecule has 1 saturated carbocycles. The zero-order chi connectivity index (χ0) is 16.8. The maximum absolute atomic E-state index is 11.8. The fraction of sp³-hybridized carbons (Fsp3) is 0.882. The summed E-state index contributed by atoms with van der Waals surface area (Å²) in [6, 6.07) is 0. The number of nitrogens with zero attached hydrogens (tertiary/aromatic N) is 1. The van der Waals surface area contributed by atoms with Gasteiger partial charge < -0.3 is 16.0 Å². The molecule has 1 aliphatic carbocycles. The minimum atomic E-state index is -0.205. The quantitative estimate of drug-likeness (QED) is 0.340. The van der Waals surface area contributed by atoms with Crippen LogP contribution in [0.15, 0.2) is 4.99 Å². The molecule has 5 nitrogen and oxygen atoms in total. The van der Waals surface area contributed by atoms with Gasteiger partial charge in [-0.25, -0.2) is 0 Å². The van der Waals surface area contributed by atoms with Gasteiger partial charge in [0, 0.05) is 19.1 Å². The third-order valence-corrected chi connectivity index (χ3v) is 4.04. The highest BCUT2D eigenvalue weighted by molar-refractivity contribution is 14.0. The molecule has 0 aromatic heterocycles. The van der Waals surface area contributed by atoms with Crippen LogP contribution in [0.25, 0.3) is 0 Å². The van der Waals surface area contributed by atoms with Gasteiger partial charge in [-0.05, 0) is 51.4 Å². The zero-order valence-electron chi connectivity index (χ0n) is 15.6. The molecule has 1 amide bonds. The first-order valence-electron chi connectivity index (χ1n) is 8.41. The normalized spacial score (nSPS) is 17.1. The Morgan fingerprint density at radius 3 is 2.22 bits per heavy atom. The van der Waals surface area contributed by atoms with Gasteiger partial charge in [0.15, 0.2) is 5.96 Å². The molecule has 6 heteroatoms. The van der Waals surface area contributed by atoms with E-state index in [4.69, 9.17) is 0 Å². The number of carbonyl (C=O) groups is 1. The van der Waals surface area contributed by atoms with E-state index in [1.807, 2.05) is 20.8 Å². The SMILES string of the molecule is CN=C(NCC(=O)NC(C)(C)C)NCC1(CC(C)C)CCC1.I. The molecular formula is C17H35IN4O. The second-order valence-corrected chi connectivity index (χ2v) is 8.03. The van der Waals surface area contributed by atoms with Gasteiger partial charge in [-0.2, -0.15) is 0 Å². The zero-order valence-corrected chi connectivity index (χ0v) is 17.9. The first kappa shape index (κ1) is 22.5. The third-order valence-electron chi connectivity index (χ3n) is 4.04. The van der Waals surface area contributed by atoms with Crippen molar-refractivity contribution in [3.8, 4) is 0 Å². The first-order chi connectivity index (χ1) is 10.2. The highest BCUT2D eigenvalue weighted by Crippen LogP contribution is 2.45. The lowest BCUT2D eigenvalue weighted by Gasteiger charge is -2.43. The van der Waals surface area contributed by atoms with Crippen molar-refractivity contribution in [2.45, 2.75) is 65.8 Å². The molecule has 1 aliphatic rings.